The highest BCUT2D eigenvalue weighted by Gasteiger charge is 2.24. The Kier molecular flexibility index (Phi) is 6.45. The van der Waals surface area contributed by atoms with E-state index in [4.69, 9.17) is 4.74 Å². The first-order valence-corrected chi connectivity index (χ1v) is 6.55. The molecular formula is C14H24O3. The zero-order valence-corrected chi connectivity index (χ0v) is 10.7. The molecule has 1 N–H and O–H groups in total. The minimum Gasteiger partial charge on any atom is -0.390 e. The SMILES string of the molecule is C=CCC(C)CC(=O)CCC1OCCCC1O. The van der Waals surface area contributed by atoms with E-state index in [2.05, 4.69) is 13.5 Å². The van der Waals surface area contributed by atoms with Gasteiger partial charge in [-0.15, -0.1) is 6.58 Å². The summed E-state index contributed by atoms with van der Waals surface area (Å²) in [7, 11) is 0. The number of aliphatic hydroxyl groups excluding tert-OH is 1. The number of carbonyl (C=O) groups excluding carboxylic acids is 1. The van der Waals surface area contributed by atoms with E-state index in [1.165, 1.54) is 0 Å². The van der Waals surface area contributed by atoms with Crippen molar-refractivity contribution < 1.29 is 14.6 Å². The molecule has 3 unspecified atom stereocenters. The van der Waals surface area contributed by atoms with Gasteiger partial charge in [-0.3, -0.25) is 4.79 Å². The maximum atomic E-state index is 11.7. The second kappa shape index (κ2) is 7.62. The summed E-state index contributed by atoms with van der Waals surface area (Å²) in [6.45, 7) is 6.45. The van der Waals surface area contributed by atoms with Crippen LogP contribution >= 0.6 is 0 Å². The van der Waals surface area contributed by atoms with Crippen molar-refractivity contribution >= 4 is 5.78 Å². The highest BCUT2D eigenvalue weighted by molar-refractivity contribution is 5.78. The third-order valence-corrected chi connectivity index (χ3v) is 3.26. The standard InChI is InChI=1S/C14H24O3/c1-3-5-11(2)10-12(15)7-8-14-13(16)6-4-9-17-14/h3,11,13-14,16H,1,4-10H2,2H3. The summed E-state index contributed by atoms with van der Waals surface area (Å²) in [5.74, 6) is 0.637. The van der Waals surface area contributed by atoms with Crippen molar-refractivity contribution in [1.82, 2.24) is 0 Å². The van der Waals surface area contributed by atoms with Gasteiger partial charge in [-0.1, -0.05) is 13.0 Å². The zero-order chi connectivity index (χ0) is 12.7. The first-order valence-electron chi connectivity index (χ1n) is 6.55. The Hall–Kier alpha value is -0.670. The van der Waals surface area contributed by atoms with Gasteiger partial charge in [0.05, 0.1) is 12.2 Å². The van der Waals surface area contributed by atoms with Crippen molar-refractivity contribution in [3.63, 3.8) is 0 Å². The average molecular weight is 240 g/mol. The molecule has 0 aliphatic carbocycles. The van der Waals surface area contributed by atoms with Crippen LogP contribution in [0.15, 0.2) is 12.7 Å². The predicted octanol–water partition coefficient (Wildman–Crippen LogP) is 2.48. The van der Waals surface area contributed by atoms with Crippen LogP contribution in [-0.4, -0.2) is 29.7 Å². The molecule has 3 atom stereocenters. The molecule has 1 saturated heterocycles. The van der Waals surface area contributed by atoms with E-state index in [1.807, 2.05) is 6.08 Å². The van der Waals surface area contributed by atoms with Gasteiger partial charge in [-0.05, 0) is 31.6 Å². The van der Waals surface area contributed by atoms with E-state index < -0.39 is 0 Å². The number of rotatable bonds is 7. The van der Waals surface area contributed by atoms with Crippen molar-refractivity contribution in [2.24, 2.45) is 5.92 Å². The summed E-state index contributed by atoms with van der Waals surface area (Å²) < 4.78 is 5.47. The molecule has 0 aromatic heterocycles. The van der Waals surface area contributed by atoms with E-state index in [-0.39, 0.29) is 18.0 Å². The average Bonchev–Trinajstić information content (AvgIpc) is 2.28. The lowest BCUT2D eigenvalue weighted by atomic mass is 9.95. The van der Waals surface area contributed by atoms with Gasteiger partial charge >= 0.3 is 0 Å². The van der Waals surface area contributed by atoms with Gasteiger partial charge in [0.1, 0.15) is 5.78 Å². The minimum atomic E-state index is -0.387. The van der Waals surface area contributed by atoms with Crippen molar-refractivity contribution in [3.8, 4) is 0 Å². The minimum absolute atomic E-state index is 0.137. The molecule has 1 aliphatic heterocycles. The first kappa shape index (κ1) is 14.4. The van der Waals surface area contributed by atoms with Gasteiger partial charge in [0.15, 0.2) is 0 Å². The molecule has 0 spiro atoms. The Balaban J connectivity index is 2.20. The number of carbonyl (C=O) groups is 1. The smallest absolute Gasteiger partial charge is 0.133 e. The van der Waals surface area contributed by atoms with Crippen molar-refractivity contribution in [1.29, 1.82) is 0 Å². The molecule has 1 fully saturated rings. The number of ether oxygens (including phenoxy) is 1. The quantitative estimate of drug-likeness (QED) is 0.695. The fourth-order valence-corrected chi connectivity index (χ4v) is 2.26. The number of ketones is 1. The second-order valence-electron chi connectivity index (χ2n) is 5.03. The van der Waals surface area contributed by atoms with E-state index in [1.54, 1.807) is 0 Å². The Morgan fingerprint density at radius 3 is 3.06 bits per heavy atom. The van der Waals surface area contributed by atoms with E-state index in [0.29, 0.717) is 31.8 Å². The van der Waals surface area contributed by atoms with Crippen LogP contribution in [0.25, 0.3) is 0 Å². The van der Waals surface area contributed by atoms with Gasteiger partial charge in [0.25, 0.3) is 0 Å². The lowest BCUT2D eigenvalue weighted by Crippen LogP contribution is -2.34. The molecule has 0 bridgehead atoms. The molecule has 0 radical (unpaired) electrons. The molecule has 98 valence electrons. The van der Waals surface area contributed by atoms with Crippen LogP contribution in [0.4, 0.5) is 0 Å². The van der Waals surface area contributed by atoms with Crippen molar-refractivity contribution in [2.45, 2.75) is 57.7 Å². The van der Waals surface area contributed by atoms with E-state index in [0.717, 1.165) is 19.3 Å². The third-order valence-electron chi connectivity index (χ3n) is 3.26. The maximum Gasteiger partial charge on any atom is 0.133 e. The highest BCUT2D eigenvalue weighted by Crippen LogP contribution is 2.19. The Morgan fingerprint density at radius 1 is 1.65 bits per heavy atom. The molecule has 17 heavy (non-hydrogen) atoms. The lowest BCUT2D eigenvalue weighted by molar-refractivity contribution is -0.122. The highest BCUT2D eigenvalue weighted by atomic mass is 16.5. The molecular weight excluding hydrogens is 216 g/mol. The van der Waals surface area contributed by atoms with Crippen LogP contribution in [0.2, 0.25) is 0 Å². The number of hydrogen-bond acceptors (Lipinski definition) is 3. The Labute approximate surface area is 104 Å². The van der Waals surface area contributed by atoms with Gasteiger partial charge in [0, 0.05) is 19.4 Å². The van der Waals surface area contributed by atoms with Crippen molar-refractivity contribution in [3.05, 3.63) is 12.7 Å². The van der Waals surface area contributed by atoms with Crippen LogP contribution in [-0.2, 0) is 9.53 Å². The monoisotopic (exact) mass is 240 g/mol. The van der Waals surface area contributed by atoms with Crippen LogP contribution < -0.4 is 0 Å². The molecule has 0 saturated carbocycles. The van der Waals surface area contributed by atoms with Gasteiger partial charge in [0.2, 0.25) is 0 Å². The fraction of sp³-hybridized carbons (Fsp3) is 0.786. The normalized spacial score (nSPS) is 26.5. The van der Waals surface area contributed by atoms with Crippen LogP contribution in [0.5, 0.6) is 0 Å². The molecule has 0 aromatic carbocycles. The molecule has 1 rings (SSSR count). The number of Topliss-reactive ketones (excluding diaryl/α,β-unsaturated/α-hetero) is 1. The molecule has 3 nitrogen and oxygen atoms in total. The summed E-state index contributed by atoms with van der Waals surface area (Å²) in [6.07, 6.45) is 5.71. The predicted molar refractivity (Wildman–Crippen MR) is 67.8 cm³/mol. The summed E-state index contributed by atoms with van der Waals surface area (Å²) in [4.78, 5) is 11.7. The Bertz CT molecular complexity index is 250. The molecule has 1 aliphatic rings. The van der Waals surface area contributed by atoms with Crippen LogP contribution in [0, 0.1) is 5.92 Å². The molecule has 1 heterocycles. The summed E-state index contributed by atoms with van der Waals surface area (Å²) in [5, 5.41) is 9.70. The second-order valence-corrected chi connectivity index (χ2v) is 5.03. The van der Waals surface area contributed by atoms with E-state index >= 15 is 0 Å². The number of hydrogen-bond donors (Lipinski definition) is 1. The zero-order valence-electron chi connectivity index (χ0n) is 10.7. The topological polar surface area (TPSA) is 46.5 Å². The maximum absolute atomic E-state index is 11.7. The van der Waals surface area contributed by atoms with Crippen LogP contribution in [0.3, 0.4) is 0 Å². The summed E-state index contributed by atoms with van der Waals surface area (Å²) in [6, 6.07) is 0. The number of allylic oxidation sites excluding steroid dienone is 1. The number of aliphatic hydroxyl groups is 1. The fourth-order valence-electron chi connectivity index (χ4n) is 2.26. The molecule has 3 heteroatoms. The largest absolute Gasteiger partial charge is 0.390 e. The summed E-state index contributed by atoms with van der Waals surface area (Å²) in [5.41, 5.74) is 0. The molecule has 0 amide bonds. The van der Waals surface area contributed by atoms with Gasteiger partial charge in [-0.2, -0.15) is 0 Å². The molecule has 0 aromatic rings. The first-order chi connectivity index (χ1) is 8.13. The van der Waals surface area contributed by atoms with Crippen molar-refractivity contribution in [2.75, 3.05) is 6.61 Å². The summed E-state index contributed by atoms with van der Waals surface area (Å²) >= 11 is 0. The third kappa shape index (κ3) is 5.46. The Morgan fingerprint density at radius 2 is 2.41 bits per heavy atom. The van der Waals surface area contributed by atoms with E-state index in [9.17, 15) is 9.90 Å². The van der Waals surface area contributed by atoms with Crippen LogP contribution in [0.1, 0.15) is 45.4 Å². The van der Waals surface area contributed by atoms with Gasteiger partial charge < -0.3 is 9.84 Å². The lowest BCUT2D eigenvalue weighted by Gasteiger charge is -2.27. The van der Waals surface area contributed by atoms with Gasteiger partial charge in [-0.25, -0.2) is 0 Å².